The summed E-state index contributed by atoms with van der Waals surface area (Å²) < 4.78 is 0.281. The minimum Gasteiger partial charge on any atom is -0.480 e. The molecule has 0 aromatic heterocycles. The highest BCUT2D eigenvalue weighted by atomic mass is 35.5. The molecule has 4 nitrogen and oxygen atoms in total. The summed E-state index contributed by atoms with van der Waals surface area (Å²) in [5, 5.41) is 10.0. The van der Waals surface area contributed by atoms with Crippen LogP contribution < -0.4 is 0 Å². The Balaban J connectivity index is 2.24. The summed E-state index contributed by atoms with van der Waals surface area (Å²) in [6.45, 7) is 0. The van der Waals surface area contributed by atoms with E-state index in [2.05, 4.69) is 0 Å². The van der Waals surface area contributed by atoms with Crippen molar-refractivity contribution in [2.45, 2.75) is 12.5 Å². The second-order valence-electron chi connectivity index (χ2n) is 4.74. The molecule has 1 aliphatic rings. The third-order valence-electron chi connectivity index (χ3n) is 3.18. The minimum atomic E-state index is -1.04. The molecule has 8 heteroatoms. The van der Waals surface area contributed by atoms with Crippen LogP contribution in [0.25, 0.3) is 6.08 Å². The Morgan fingerprint density at radius 3 is 2.70 bits per heavy atom. The summed E-state index contributed by atoms with van der Waals surface area (Å²) in [6, 6.07) is 6.11. The molecule has 1 saturated heterocycles. The number of carboxylic acids is 1. The summed E-state index contributed by atoms with van der Waals surface area (Å²) in [5.41, 5.74) is 0.811. The van der Waals surface area contributed by atoms with Gasteiger partial charge in [0, 0.05) is 5.02 Å². The van der Waals surface area contributed by atoms with Crippen LogP contribution in [0.2, 0.25) is 5.02 Å². The van der Waals surface area contributed by atoms with Crippen LogP contribution in [0.3, 0.4) is 0 Å². The molecule has 122 valence electrons. The van der Waals surface area contributed by atoms with Crippen molar-refractivity contribution in [1.82, 2.24) is 4.90 Å². The van der Waals surface area contributed by atoms with Gasteiger partial charge in [0.15, 0.2) is 0 Å². The topological polar surface area (TPSA) is 57.6 Å². The molecule has 1 heterocycles. The number of carbonyl (C=O) groups excluding carboxylic acids is 1. The Kier molecular flexibility index (Phi) is 6.52. The predicted molar refractivity (Wildman–Crippen MR) is 101 cm³/mol. The molecule has 1 N–H and O–H groups in total. The first-order chi connectivity index (χ1) is 10.9. The van der Waals surface area contributed by atoms with E-state index in [0.29, 0.717) is 22.1 Å². The van der Waals surface area contributed by atoms with E-state index in [-0.39, 0.29) is 10.2 Å². The molecule has 1 amide bonds. The quantitative estimate of drug-likeness (QED) is 0.592. The second-order valence-corrected chi connectivity index (χ2v) is 7.84. The maximum absolute atomic E-state index is 12.5. The molecule has 0 aliphatic carbocycles. The van der Waals surface area contributed by atoms with Crippen LogP contribution in [0.4, 0.5) is 0 Å². The van der Waals surface area contributed by atoms with Gasteiger partial charge >= 0.3 is 5.97 Å². The minimum absolute atomic E-state index is 0.281. The highest BCUT2D eigenvalue weighted by Gasteiger charge is 2.40. The Morgan fingerprint density at radius 1 is 1.48 bits per heavy atom. The van der Waals surface area contributed by atoms with Crippen molar-refractivity contribution in [1.29, 1.82) is 0 Å². The first-order valence-electron chi connectivity index (χ1n) is 6.68. The Bertz CT molecular complexity index is 660. The van der Waals surface area contributed by atoms with Gasteiger partial charge in [-0.1, -0.05) is 47.7 Å². The molecule has 0 bridgehead atoms. The van der Waals surface area contributed by atoms with Gasteiger partial charge in [0.2, 0.25) is 0 Å². The normalized spacial score (nSPS) is 17.8. The van der Waals surface area contributed by atoms with Gasteiger partial charge in [0.05, 0.1) is 4.91 Å². The molecule has 1 fully saturated rings. The predicted octanol–water partition coefficient (Wildman–Crippen LogP) is 3.75. The van der Waals surface area contributed by atoms with Gasteiger partial charge in [0.1, 0.15) is 10.4 Å². The molecule has 0 spiro atoms. The summed E-state index contributed by atoms with van der Waals surface area (Å²) in [7, 11) is 0. The second kappa shape index (κ2) is 8.19. The van der Waals surface area contributed by atoms with Crippen LogP contribution in [-0.2, 0) is 9.59 Å². The molecule has 1 aliphatic heterocycles. The SMILES string of the molecule is CSCCC(C(=O)O)N1C(=O)C(=Cc2ccc(Cl)cc2)SC1=S. The lowest BCUT2D eigenvalue weighted by molar-refractivity contribution is -0.145. The van der Waals surface area contributed by atoms with E-state index < -0.39 is 12.0 Å². The maximum Gasteiger partial charge on any atom is 0.326 e. The van der Waals surface area contributed by atoms with Crippen LogP contribution in [0.15, 0.2) is 29.2 Å². The van der Waals surface area contributed by atoms with E-state index in [9.17, 15) is 14.7 Å². The summed E-state index contributed by atoms with van der Waals surface area (Å²) in [5.74, 6) is -0.754. The van der Waals surface area contributed by atoms with Crippen molar-refractivity contribution >= 4 is 69.6 Å². The molecular weight excluding hydrogens is 374 g/mol. The largest absolute Gasteiger partial charge is 0.480 e. The van der Waals surface area contributed by atoms with E-state index in [1.807, 2.05) is 6.26 Å². The van der Waals surface area contributed by atoms with Crippen molar-refractivity contribution in [2.75, 3.05) is 12.0 Å². The van der Waals surface area contributed by atoms with Gasteiger partial charge in [-0.3, -0.25) is 9.69 Å². The Hall–Kier alpha value is -1.02. The molecule has 1 aromatic rings. The Morgan fingerprint density at radius 2 is 2.13 bits per heavy atom. The zero-order valence-corrected chi connectivity index (χ0v) is 15.4. The third kappa shape index (κ3) is 4.50. The first-order valence-corrected chi connectivity index (χ1v) is 9.68. The van der Waals surface area contributed by atoms with E-state index in [4.69, 9.17) is 23.8 Å². The van der Waals surface area contributed by atoms with Crippen LogP contribution in [0.1, 0.15) is 12.0 Å². The fraction of sp³-hybridized carbons (Fsp3) is 0.267. The number of hydrogen-bond acceptors (Lipinski definition) is 5. The monoisotopic (exact) mass is 387 g/mol. The van der Waals surface area contributed by atoms with Gasteiger partial charge < -0.3 is 5.11 Å². The highest BCUT2D eigenvalue weighted by molar-refractivity contribution is 8.26. The molecular formula is C15H14ClNO3S3. The van der Waals surface area contributed by atoms with Gasteiger partial charge in [0.25, 0.3) is 5.91 Å². The van der Waals surface area contributed by atoms with Crippen LogP contribution >= 0.6 is 47.3 Å². The third-order valence-corrected chi connectivity index (χ3v) is 5.41. The fourth-order valence-corrected chi connectivity index (χ4v) is 3.99. The molecule has 1 atom stereocenters. The number of nitrogens with zero attached hydrogens (tertiary/aromatic N) is 1. The smallest absolute Gasteiger partial charge is 0.326 e. The average Bonchev–Trinajstić information content (AvgIpc) is 2.77. The lowest BCUT2D eigenvalue weighted by atomic mass is 10.2. The summed E-state index contributed by atoms with van der Waals surface area (Å²) in [6.07, 6.45) is 3.95. The van der Waals surface area contributed by atoms with Crippen LogP contribution in [-0.4, -0.2) is 44.3 Å². The fourth-order valence-electron chi connectivity index (χ4n) is 2.05. The Labute approximate surface area is 153 Å². The summed E-state index contributed by atoms with van der Waals surface area (Å²) >= 11 is 13.7. The van der Waals surface area contributed by atoms with E-state index in [1.165, 1.54) is 16.7 Å². The number of amides is 1. The number of hydrogen-bond donors (Lipinski definition) is 1. The molecule has 0 saturated carbocycles. The van der Waals surface area contributed by atoms with E-state index in [0.717, 1.165) is 17.3 Å². The molecule has 0 radical (unpaired) electrons. The van der Waals surface area contributed by atoms with Crippen LogP contribution in [0, 0.1) is 0 Å². The highest BCUT2D eigenvalue weighted by Crippen LogP contribution is 2.35. The molecule has 1 aromatic carbocycles. The number of benzene rings is 1. The van der Waals surface area contributed by atoms with E-state index >= 15 is 0 Å². The standard InChI is InChI=1S/C15H14ClNO3S3/c1-22-7-6-11(14(19)20)17-13(18)12(23-15(17)21)8-9-2-4-10(16)5-3-9/h2-5,8,11H,6-7H2,1H3,(H,19,20). The molecule has 23 heavy (non-hydrogen) atoms. The number of rotatable bonds is 6. The summed E-state index contributed by atoms with van der Waals surface area (Å²) in [4.78, 5) is 25.7. The zero-order valence-electron chi connectivity index (χ0n) is 12.2. The van der Waals surface area contributed by atoms with Gasteiger partial charge in [-0.05, 0) is 42.2 Å². The van der Waals surface area contributed by atoms with Gasteiger partial charge in [-0.25, -0.2) is 4.79 Å². The van der Waals surface area contributed by atoms with Crippen molar-refractivity contribution in [3.05, 3.63) is 39.8 Å². The van der Waals surface area contributed by atoms with Crippen molar-refractivity contribution in [3.63, 3.8) is 0 Å². The number of carbonyl (C=O) groups is 2. The van der Waals surface area contributed by atoms with Gasteiger partial charge in [-0.2, -0.15) is 11.8 Å². The lowest BCUT2D eigenvalue weighted by Crippen LogP contribution is -2.44. The van der Waals surface area contributed by atoms with E-state index in [1.54, 1.807) is 30.3 Å². The molecule has 1 unspecified atom stereocenters. The van der Waals surface area contributed by atoms with Crippen molar-refractivity contribution in [2.24, 2.45) is 0 Å². The average molecular weight is 388 g/mol. The van der Waals surface area contributed by atoms with Crippen LogP contribution in [0.5, 0.6) is 0 Å². The lowest BCUT2D eigenvalue weighted by Gasteiger charge is -2.22. The van der Waals surface area contributed by atoms with Crippen molar-refractivity contribution < 1.29 is 14.7 Å². The number of thiocarbonyl (C=S) groups is 1. The van der Waals surface area contributed by atoms with Gasteiger partial charge in [-0.15, -0.1) is 0 Å². The number of carboxylic acid groups (broad SMARTS) is 1. The first kappa shape index (κ1) is 18.3. The van der Waals surface area contributed by atoms with Crippen molar-refractivity contribution in [3.8, 4) is 0 Å². The number of aliphatic carboxylic acids is 1. The number of thioether (sulfide) groups is 2. The number of halogens is 1. The zero-order chi connectivity index (χ0) is 17.0. The molecule has 2 rings (SSSR count). The maximum atomic E-state index is 12.5.